The Hall–Kier alpha value is -2.12. The van der Waals surface area contributed by atoms with Gasteiger partial charge in [-0.1, -0.05) is 6.07 Å². The van der Waals surface area contributed by atoms with Crippen molar-refractivity contribution >= 4 is 0 Å². The Morgan fingerprint density at radius 2 is 1.93 bits per heavy atom. The molecule has 1 aromatic heterocycles. The first kappa shape index (κ1) is 15.9. The highest BCUT2D eigenvalue weighted by atomic mass is 16.7. The average molecular weight is 368 g/mol. The smallest absolute Gasteiger partial charge is 0.231 e. The van der Waals surface area contributed by atoms with Crippen molar-refractivity contribution < 1.29 is 13.9 Å². The molecule has 0 saturated carbocycles. The standard InChI is InChI=1S/C20H24N4O3/c1-12-21-22-18(27-12)10-24-9-15(14-2-3-16-17(8-14)26-11-25-16)20-19(24)13-4-6-23(20)7-5-13/h2-3,8,13,15,19-20H,4-7,9-11H2,1H3/t15-,19-,20-/m1/s1. The van der Waals surface area contributed by atoms with Crippen molar-refractivity contribution in [2.24, 2.45) is 5.92 Å². The van der Waals surface area contributed by atoms with E-state index in [1.54, 1.807) is 0 Å². The van der Waals surface area contributed by atoms with E-state index in [1.807, 2.05) is 6.92 Å². The van der Waals surface area contributed by atoms with Gasteiger partial charge in [0.15, 0.2) is 11.5 Å². The molecule has 27 heavy (non-hydrogen) atoms. The molecule has 4 fully saturated rings. The van der Waals surface area contributed by atoms with Crippen LogP contribution in [0.5, 0.6) is 11.5 Å². The predicted octanol–water partition coefficient (Wildman–Crippen LogP) is 2.17. The topological polar surface area (TPSA) is 63.9 Å². The summed E-state index contributed by atoms with van der Waals surface area (Å²) in [6, 6.07) is 7.59. The maximum absolute atomic E-state index is 5.69. The second-order valence-corrected chi connectivity index (χ2v) is 8.22. The Kier molecular flexibility index (Phi) is 3.50. The summed E-state index contributed by atoms with van der Waals surface area (Å²) in [7, 11) is 0. The summed E-state index contributed by atoms with van der Waals surface area (Å²) >= 11 is 0. The molecule has 0 spiro atoms. The zero-order valence-electron chi connectivity index (χ0n) is 15.5. The Bertz CT molecular complexity index is 861. The van der Waals surface area contributed by atoms with Gasteiger partial charge in [-0.25, -0.2) is 0 Å². The lowest BCUT2D eigenvalue weighted by Crippen LogP contribution is -2.60. The van der Waals surface area contributed by atoms with E-state index in [1.165, 1.54) is 31.5 Å². The van der Waals surface area contributed by atoms with Gasteiger partial charge in [-0.2, -0.15) is 0 Å². The molecule has 142 valence electrons. The van der Waals surface area contributed by atoms with Crippen molar-refractivity contribution in [3.05, 3.63) is 35.5 Å². The molecule has 6 heterocycles. The zero-order chi connectivity index (χ0) is 18.0. The number of piperidine rings is 3. The van der Waals surface area contributed by atoms with Gasteiger partial charge in [-0.05, 0) is 49.5 Å². The van der Waals surface area contributed by atoms with Gasteiger partial charge in [0, 0.05) is 31.5 Å². The van der Waals surface area contributed by atoms with Crippen LogP contribution in [0.15, 0.2) is 22.6 Å². The molecule has 5 aliphatic rings. The molecule has 0 aliphatic carbocycles. The van der Waals surface area contributed by atoms with Crippen LogP contribution in [0, 0.1) is 12.8 Å². The van der Waals surface area contributed by atoms with Crippen molar-refractivity contribution in [3.63, 3.8) is 0 Å². The highest BCUT2D eigenvalue weighted by Crippen LogP contribution is 2.48. The molecule has 7 nitrogen and oxygen atoms in total. The minimum atomic E-state index is 0.326. The first-order valence-corrected chi connectivity index (χ1v) is 9.93. The molecular formula is C20H24N4O3. The first-order chi connectivity index (χ1) is 13.3. The molecule has 7 rings (SSSR count). The number of ether oxygens (including phenoxy) is 2. The monoisotopic (exact) mass is 368 g/mol. The fourth-order valence-corrected chi connectivity index (χ4v) is 5.73. The number of fused-ring (bicyclic) bond motifs is 3. The van der Waals surface area contributed by atoms with E-state index >= 15 is 0 Å². The third-order valence-electron chi connectivity index (χ3n) is 6.82. The molecule has 3 atom stereocenters. The Balaban J connectivity index is 1.34. The van der Waals surface area contributed by atoms with Gasteiger partial charge in [0.25, 0.3) is 0 Å². The number of nitrogens with zero attached hydrogens (tertiary/aromatic N) is 4. The van der Waals surface area contributed by atoms with Gasteiger partial charge in [-0.3, -0.25) is 9.80 Å². The fourth-order valence-electron chi connectivity index (χ4n) is 5.73. The SMILES string of the molecule is Cc1nnc(CN2C[C@H](c3ccc4c(c3)OCO4)[C@@H]3[C@H]2C2CCN3CC2)o1. The van der Waals surface area contributed by atoms with Crippen LogP contribution >= 0.6 is 0 Å². The normalized spacial score (nSPS) is 34.2. The number of aryl methyl sites for hydroxylation is 1. The summed E-state index contributed by atoms with van der Waals surface area (Å²) in [4.78, 5) is 5.29. The second kappa shape index (κ2) is 5.94. The summed E-state index contributed by atoms with van der Waals surface area (Å²) in [5, 5.41) is 8.26. The number of aromatic nitrogens is 2. The van der Waals surface area contributed by atoms with Crippen LogP contribution in [0.1, 0.15) is 36.1 Å². The largest absolute Gasteiger partial charge is 0.454 e. The van der Waals surface area contributed by atoms with E-state index in [2.05, 4.69) is 38.2 Å². The minimum absolute atomic E-state index is 0.326. The lowest BCUT2D eigenvalue weighted by atomic mass is 9.75. The maximum atomic E-state index is 5.69. The third kappa shape index (κ3) is 2.48. The van der Waals surface area contributed by atoms with Crippen molar-refractivity contribution in [3.8, 4) is 11.5 Å². The zero-order valence-corrected chi connectivity index (χ0v) is 15.5. The van der Waals surface area contributed by atoms with Crippen LogP contribution in [-0.2, 0) is 6.54 Å². The molecule has 7 heteroatoms. The molecule has 2 bridgehead atoms. The third-order valence-corrected chi connectivity index (χ3v) is 6.82. The summed E-state index contributed by atoms with van der Waals surface area (Å²) in [5.74, 6) is 4.35. The van der Waals surface area contributed by atoms with E-state index in [0.29, 0.717) is 30.7 Å². The van der Waals surface area contributed by atoms with Crippen LogP contribution in [0.4, 0.5) is 0 Å². The van der Waals surface area contributed by atoms with E-state index in [4.69, 9.17) is 13.9 Å². The van der Waals surface area contributed by atoms with E-state index < -0.39 is 0 Å². The average Bonchev–Trinajstić information content (AvgIpc) is 3.42. The molecule has 4 saturated heterocycles. The lowest BCUT2D eigenvalue weighted by Gasteiger charge is -2.51. The molecule has 5 aliphatic heterocycles. The van der Waals surface area contributed by atoms with Crippen molar-refractivity contribution in [1.82, 2.24) is 20.0 Å². The number of likely N-dealkylation sites (tertiary alicyclic amines) is 1. The first-order valence-electron chi connectivity index (χ1n) is 9.93. The van der Waals surface area contributed by atoms with E-state index in [0.717, 1.165) is 36.4 Å². The Morgan fingerprint density at radius 3 is 2.74 bits per heavy atom. The summed E-state index contributed by atoms with van der Waals surface area (Å²) < 4.78 is 16.8. The lowest BCUT2D eigenvalue weighted by molar-refractivity contribution is -0.0106. The molecule has 0 radical (unpaired) electrons. The molecule has 2 aromatic rings. The molecule has 0 amide bonds. The van der Waals surface area contributed by atoms with Crippen LogP contribution < -0.4 is 9.47 Å². The van der Waals surface area contributed by atoms with Crippen molar-refractivity contribution in [1.29, 1.82) is 0 Å². The van der Waals surface area contributed by atoms with Gasteiger partial charge in [-0.15, -0.1) is 10.2 Å². The Labute approximate surface area is 158 Å². The number of hydrogen-bond acceptors (Lipinski definition) is 7. The second-order valence-electron chi connectivity index (χ2n) is 8.22. The summed E-state index contributed by atoms with van der Waals surface area (Å²) in [6.45, 7) is 6.39. The highest BCUT2D eigenvalue weighted by Gasteiger charge is 2.53. The van der Waals surface area contributed by atoms with Gasteiger partial charge in [0.1, 0.15) is 0 Å². The van der Waals surface area contributed by atoms with Crippen molar-refractivity contribution in [2.45, 2.75) is 44.3 Å². The van der Waals surface area contributed by atoms with Crippen LogP contribution in [0.25, 0.3) is 0 Å². The number of hydrogen-bond donors (Lipinski definition) is 0. The highest BCUT2D eigenvalue weighted by molar-refractivity contribution is 5.46. The van der Waals surface area contributed by atoms with Crippen LogP contribution in [0.2, 0.25) is 0 Å². The van der Waals surface area contributed by atoms with Gasteiger partial charge < -0.3 is 13.9 Å². The van der Waals surface area contributed by atoms with Crippen LogP contribution in [0.3, 0.4) is 0 Å². The van der Waals surface area contributed by atoms with Crippen LogP contribution in [-0.4, -0.2) is 58.5 Å². The maximum Gasteiger partial charge on any atom is 0.231 e. The van der Waals surface area contributed by atoms with E-state index in [9.17, 15) is 0 Å². The van der Waals surface area contributed by atoms with E-state index in [-0.39, 0.29) is 0 Å². The van der Waals surface area contributed by atoms with Gasteiger partial charge in [0.05, 0.1) is 6.54 Å². The summed E-state index contributed by atoms with van der Waals surface area (Å²) in [6.07, 6.45) is 2.60. The molecular weight excluding hydrogens is 344 g/mol. The molecule has 0 unspecified atom stereocenters. The van der Waals surface area contributed by atoms with Gasteiger partial charge >= 0.3 is 0 Å². The fraction of sp³-hybridized carbons (Fsp3) is 0.600. The number of rotatable bonds is 3. The van der Waals surface area contributed by atoms with Crippen molar-refractivity contribution in [2.75, 3.05) is 26.4 Å². The van der Waals surface area contributed by atoms with Gasteiger partial charge in [0.2, 0.25) is 18.6 Å². The summed E-state index contributed by atoms with van der Waals surface area (Å²) in [5.41, 5.74) is 1.35. The predicted molar refractivity (Wildman–Crippen MR) is 96.6 cm³/mol. The molecule has 0 N–H and O–H groups in total. The quantitative estimate of drug-likeness (QED) is 0.823. The molecule has 1 aromatic carbocycles. The number of benzene rings is 1. The minimum Gasteiger partial charge on any atom is -0.454 e. The Morgan fingerprint density at radius 1 is 1.07 bits per heavy atom.